The Morgan fingerprint density at radius 3 is 2.80 bits per heavy atom. The highest BCUT2D eigenvalue weighted by molar-refractivity contribution is 5.28. The molecule has 1 atom stereocenters. The van der Waals surface area contributed by atoms with E-state index in [9.17, 15) is 0 Å². The van der Waals surface area contributed by atoms with Gasteiger partial charge in [-0.05, 0) is 17.5 Å². The predicted octanol–water partition coefficient (Wildman–Crippen LogP) is 2.33. The minimum absolute atomic E-state index is 0.344. The van der Waals surface area contributed by atoms with Crippen molar-refractivity contribution in [2.45, 2.75) is 19.1 Å². The summed E-state index contributed by atoms with van der Waals surface area (Å²) in [6, 6.07) is 8.31. The average Bonchev–Trinajstić information content (AvgIpc) is 3.05. The van der Waals surface area contributed by atoms with Gasteiger partial charge < -0.3 is 9.47 Å². The van der Waals surface area contributed by atoms with Crippen molar-refractivity contribution in [1.29, 1.82) is 0 Å². The van der Waals surface area contributed by atoms with Crippen LogP contribution in [0, 0.1) is 0 Å². The van der Waals surface area contributed by atoms with E-state index in [4.69, 9.17) is 9.47 Å². The molecule has 2 heteroatoms. The number of ether oxygens (including phenoxy) is 2. The van der Waals surface area contributed by atoms with Gasteiger partial charge in [0.1, 0.15) is 6.10 Å². The Bertz CT molecular complexity index is 329. The molecule has 0 saturated carbocycles. The van der Waals surface area contributed by atoms with Gasteiger partial charge in [-0.15, -0.1) is 6.58 Å². The molecule has 2 rings (SSSR count). The van der Waals surface area contributed by atoms with E-state index >= 15 is 0 Å². The van der Waals surface area contributed by atoms with Crippen LogP contribution in [-0.2, 0) is 22.5 Å². The Morgan fingerprint density at radius 2 is 2.13 bits per heavy atom. The van der Waals surface area contributed by atoms with Crippen LogP contribution < -0.4 is 0 Å². The van der Waals surface area contributed by atoms with E-state index in [2.05, 4.69) is 18.7 Å². The summed E-state index contributed by atoms with van der Waals surface area (Å²) in [6.07, 6.45) is 3.17. The summed E-state index contributed by atoms with van der Waals surface area (Å²) >= 11 is 0. The van der Waals surface area contributed by atoms with Crippen LogP contribution >= 0.6 is 0 Å². The molecule has 1 aliphatic rings. The Hall–Kier alpha value is -1.12. The molecule has 1 fully saturated rings. The van der Waals surface area contributed by atoms with Crippen LogP contribution in [-0.4, -0.2) is 19.3 Å². The molecule has 1 aromatic carbocycles. The standard InChI is InChI=1S/C13H16O2/c1-2-5-11-6-3-4-7-12(11)8-14-9-13-10-15-13/h2-4,6-7,13H,1,5,8-10H2. The summed E-state index contributed by atoms with van der Waals surface area (Å²) in [4.78, 5) is 0. The Morgan fingerprint density at radius 1 is 1.40 bits per heavy atom. The van der Waals surface area contributed by atoms with Crippen LogP contribution in [0.15, 0.2) is 36.9 Å². The summed E-state index contributed by atoms with van der Waals surface area (Å²) in [7, 11) is 0. The third kappa shape index (κ3) is 3.18. The first-order valence-corrected chi connectivity index (χ1v) is 5.27. The molecule has 80 valence electrons. The van der Waals surface area contributed by atoms with Gasteiger partial charge in [0, 0.05) is 0 Å². The van der Waals surface area contributed by atoms with Crippen molar-refractivity contribution in [2.75, 3.05) is 13.2 Å². The van der Waals surface area contributed by atoms with Gasteiger partial charge in [0.15, 0.2) is 0 Å². The molecule has 0 amide bonds. The third-order valence-electron chi connectivity index (χ3n) is 2.45. The molecule has 2 nitrogen and oxygen atoms in total. The zero-order valence-electron chi connectivity index (χ0n) is 8.82. The van der Waals surface area contributed by atoms with E-state index < -0.39 is 0 Å². The van der Waals surface area contributed by atoms with Crippen LogP contribution in [0.1, 0.15) is 11.1 Å². The second kappa shape index (κ2) is 5.10. The number of benzene rings is 1. The summed E-state index contributed by atoms with van der Waals surface area (Å²) in [6.45, 7) is 5.99. The molecule has 0 aliphatic carbocycles. The molecule has 1 heterocycles. The van der Waals surface area contributed by atoms with E-state index in [0.29, 0.717) is 19.3 Å². The summed E-state index contributed by atoms with van der Waals surface area (Å²) < 4.78 is 10.7. The Labute approximate surface area is 90.5 Å². The van der Waals surface area contributed by atoms with Crippen LogP contribution in [0.5, 0.6) is 0 Å². The van der Waals surface area contributed by atoms with Gasteiger partial charge in [-0.2, -0.15) is 0 Å². The number of allylic oxidation sites excluding steroid dienone is 1. The fourth-order valence-corrected chi connectivity index (χ4v) is 1.52. The van der Waals surface area contributed by atoms with Crippen LogP contribution in [0.2, 0.25) is 0 Å². The molecule has 1 saturated heterocycles. The lowest BCUT2D eigenvalue weighted by molar-refractivity contribution is 0.104. The number of epoxide rings is 1. The molecule has 1 aromatic rings. The quantitative estimate of drug-likeness (QED) is 0.524. The van der Waals surface area contributed by atoms with Crippen molar-refractivity contribution < 1.29 is 9.47 Å². The smallest absolute Gasteiger partial charge is 0.104 e. The zero-order chi connectivity index (χ0) is 10.5. The third-order valence-corrected chi connectivity index (χ3v) is 2.45. The minimum Gasteiger partial charge on any atom is -0.374 e. The lowest BCUT2D eigenvalue weighted by atomic mass is 10.1. The summed E-state index contributed by atoms with van der Waals surface area (Å²) in [5, 5.41) is 0. The lowest BCUT2D eigenvalue weighted by Crippen LogP contribution is -2.03. The van der Waals surface area contributed by atoms with Crippen molar-refractivity contribution >= 4 is 0 Å². The van der Waals surface area contributed by atoms with Crippen molar-refractivity contribution in [2.24, 2.45) is 0 Å². The first kappa shape index (κ1) is 10.4. The predicted molar refractivity (Wildman–Crippen MR) is 59.7 cm³/mol. The van der Waals surface area contributed by atoms with E-state index in [1.165, 1.54) is 11.1 Å². The fourth-order valence-electron chi connectivity index (χ4n) is 1.52. The second-order valence-electron chi connectivity index (χ2n) is 3.73. The normalized spacial score (nSPS) is 18.8. The molecule has 0 bridgehead atoms. The van der Waals surface area contributed by atoms with E-state index in [1.54, 1.807) is 0 Å². The molecular weight excluding hydrogens is 188 g/mol. The number of rotatable bonds is 6. The van der Waals surface area contributed by atoms with Crippen LogP contribution in [0.3, 0.4) is 0 Å². The molecule has 0 radical (unpaired) electrons. The van der Waals surface area contributed by atoms with E-state index in [-0.39, 0.29) is 0 Å². The highest BCUT2D eigenvalue weighted by Crippen LogP contribution is 2.14. The highest BCUT2D eigenvalue weighted by atomic mass is 16.6. The Kier molecular flexibility index (Phi) is 3.54. The van der Waals surface area contributed by atoms with Gasteiger partial charge >= 0.3 is 0 Å². The van der Waals surface area contributed by atoms with Crippen LogP contribution in [0.25, 0.3) is 0 Å². The van der Waals surface area contributed by atoms with Gasteiger partial charge in [-0.1, -0.05) is 30.3 Å². The molecule has 15 heavy (non-hydrogen) atoms. The van der Waals surface area contributed by atoms with Gasteiger partial charge in [0.2, 0.25) is 0 Å². The molecule has 0 aromatic heterocycles. The first-order chi connectivity index (χ1) is 7.40. The van der Waals surface area contributed by atoms with E-state index in [1.807, 2.05) is 18.2 Å². The average molecular weight is 204 g/mol. The van der Waals surface area contributed by atoms with Crippen molar-refractivity contribution in [3.8, 4) is 0 Å². The van der Waals surface area contributed by atoms with Crippen molar-refractivity contribution in [3.05, 3.63) is 48.0 Å². The monoisotopic (exact) mass is 204 g/mol. The van der Waals surface area contributed by atoms with Gasteiger partial charge in [-0.25, -0.2) is 0 Å². The topological polar surface area (TPSA) is 21.8 Å². The highest BCUT2D eigenvalue weighted by Gasteiger charge is 2.22. The molecule has 1 unspecified atom stereocenters. The SMILES string of the molecule is C=CCc1ccccc1COCC1CO1. The lowest BCUT2D eigenvalue weighted by Gasteiger charge is -2.07. The van der Waals surface area contributed by atoms with Crippen molar-refractivity contribution in [3.63, 3.8) is 0 Å². The maximum atomic E-state index is 5.57. The van der Waals surface area contributed by atoms with Crippen molar-refractivity contribution in [1.82, 2.24) is 0 Å². The maximum Gasteiger partial charge on any atom is 0.104 e. The van der Waals surface area contributed by atoms with Gasteiger partial charge in [0.25, 0.3) is 0 Å². The summed E-state index contributed by atoms with van der Waals surface area (Å²) in [5.41, 5.74) is 2.54. The largest absolute Gasteiger partial charge is 0.374 e. The Balaban J connectivity index is 1.89. The number of hydrogen-bond donors (Lipinski definition) is 0. The molecular formula is C13H16O2. The van der Waals surface area contributed by atoms with E-state index in [0.717, 1.165) is 13.0 Å². The van der Waals surface area contributed by atoms with Gasteiger partial charge in [-0.3, -0.25) is 0 Å². The maximum absolute atomic E-state index is 5.57. The zero-order valence-corrected chi connectivity index (χ0v) is 8.82. The van der Waals surface area contributed by atoms with Gasteiger partial charge in [0.05, 0.1) is 19.8 Å². The summed E-state index contributed by atoms with van der Waals surface area (Å²) in [5.74, 6) is 0. The molecule has 0 N–H and O–H groups in total. The van der Waals surface area contributed by atoms with Crippen LogP contribution in [0.4, 0.5) is 0 Å². The first-order valence-electron chi connectivity index (χ1n) is 5.27. The minimum atomic E-state index is 0.344. The fraction of sp³-hybridized carbons (Fsp3) is 0.385. The second-order valence-corrected chi connectivity index (χ2v) is 3.73. The number of hydrogen-bond acceptors (Lipinski definition) is 2. The molecule has 0 spiro atoms. The molecule has 1 aliphatic heterocycles.